The zero-order valence-electron chi connectivity index (χ0n) is 11.4. The minimum absolute atomic E-state index is 0.339. The maximum absolute atomic E-state index is 13.7. The Labute approximate surface area is 121 Å². The number of aromatic nitrogens is 2. The first kappa shape index (κ1) is 13.2. The average Bonchev–Trinajstić information content (AvgIpc) is 2.96. The van der Waals surface area contributed by atoms with Gasteiger partial charge in [-0.15, -0.1) is 0 Å². The van der Waals surface area contributed by atoms with E-state index in [1.807, 2.05) is 18.2 Å². The van der Waals surface area contributed by atoms with E-state index in [2.05, 4.69) is 5.10 Å². The van der Waals surface area contributed by atoms with Crippen LogP contribution in [0.3, 0.4) is 0 Å². The van der Waals surface area contributed by atoms with Gasteiger partial charge < -0.3 is 9.47 Å². The summed E-state index contributed by atoms with van der Waals surface area (Å²) in [6, 6.07) is 13.7. The SMILES string of the molecule is COc1cccc(Oc2cnn(-c3ccccc3F)c2)c1. The summed E-state index contributed by atoms with van der Waals surface area (Å²) < 4.78 is 25.9. The summed E-state index contributed by atoms with van der Waals surface area (Å²) in [7, 11) is 1.59. The predicted molar refractivity (Wildman–Crippen MR) is 76.6 cm³/mol. The van der Waals surface area contributed by atoms with E-state index in [0.717, 1.165) is 0 Å². The Morgan fingerprint density at radius 3 is 2.62 bits per heavy atom. The molecule has 1 heterocycles. The summed E-state index contributed by atoms with van der Waals surface area (Å²) in [5.41, 5.74) is 0.373. The summed E-state index contributed by atoms with van der Waals surface area (Å²) in [5, 5.41) is 4.11. The van der Waals surface area contributed by atoms with Gasteiger partial charge in [0.05, 0.1) is 19.5 Å². The van der Waals surface area contributed by atoms with Crippen molar-refractivity contribution in [2.45, 2.75) is 0 Å². The summed E-state index contributed by atoms with van der Waals surface area (Å²) in [4.78, 5) is 0. The molecule has 0 saturated heterocycles. The van der Waals surface area contributed by atoms with E-state index in [4.69, 9.17) is 9.47 Å². The minimum atomic E-state index is -0.339. The van der Waals surface area contributed by atoms with E-state index >= 15 is 0 Å². The zero-order chi connectivity index (χ0) is 14.7. The van der Waals surface area contributed by atoms with Gasteiger partial charge in [-0.2, -0.15) is 5.10 Å². The van der Waals surface area contributed by atoms with Crippen LogP contribution in [-0.2, 0) is 0 Å². The number of para-hydroxylation sites is 1. The molecule has 0 saturated carbocycles. The molecule has 3 aromatic rings. The Hall–Kier alpha value is -2.82. The first-order chi connectivity index (χ1) is 10.3. The van der Waals surface area contributed by atoms with Gasteiger partial charge in [0.2, 0.25) is 0 Å². The lowest BCUT2D eigenvalue weighted by Crippen LogP contribution is -1.97. The van der Waals surface area contributed by atoms with Crippen LogP contribution in [0.25, 0.3) is 5.69 Å². The molecule has 0 fully saturated rings. The van der Waals surface area contributed by atoms with E-state index in [1.165, 1.54) is 16.9 Å². The molecule has 0 atom stereocenters. The molecule has 4 nitrogen and oxygen atoms in total. The molecule has 0 aliphatic rings. The number of rotatable bonds is 4. The van der Waals surface area contributed by atoms with Crippen molar-refractivity contribution in [3.8, 4) is 22.9 Å². The van der Waals surface area contributed by atoms with Gasteiger partial charge in [0.1, 0.15) is 23.0 Å². The molecule has 2 aromatic carbocycles. The van der Waals surface area contributed by atoms with E-state index in [1.54, 1.807) is 37.6 Å². The summed E-state index contributed by atoms with van der Waals surface area (Å²) in [5.74, 6) is 1.51. The highest BCUT2D eigenvalue weighted by atomic mass is 19.1. The normalized spacial score (nSPS) is 10.4. The molecule has 1 aromatic heterocycles. The lowest BCUT2D eigenvalue weighted by molar-refractivity contribution is 0.409. The Morgan fingerprint density at radius 2 is 1.81 bits per heavy atom. The number of nitrogens with zero attached hydrogens (tertiary/aromatic N) is 2. The monoisotopic (exact) mass is 284 g/mol. The first-order valence-corrected chi connectivity index (χ1v) is 6.38. The molecule has 0 radical (unpaired) electrons. The third-order valence-corrected chi connectivity index (χ3v) is 2.94. The number of ether oxygens (including phenoxy) is 2. The number of hydrogen-bond acceptors (Lipinski definition) is 3. The zero-order valence-corrected chi connectivity index (χ0v) is 11.4. The molecular weight excluding hydrogens is 271 g/mol. The van der Waals surface area contributed by atoms with Crippen LogP contribution < -0.4 is 9.47 Å². The predicted octanol–water partition coefficient (Wildman–Crippen LogP) is 3.81. The Kier molecular flexibility index (Phi) is 3.55. The third-order valence-electron chi connectivity index (χ3n) is 2.94. The lowest BCUT2D eigenvalue weighted by atomic mass is 10.3. The molecule has 0 amide bonds. The standard InChI is InChI=1S/C16H13FN2O2/c1-20-12-5-4-6-13(9-12)21-14-10-18-19(11-14)16-8-3-2-7-15(16)17/h2-11H,1H3. The van der Waals surface area contributed by atoms with Crippen molar-refractivity contribution in [3.05, 3.63) is 66.7 Å². The van der Waals surface area contributed by atoms with Crippen LogP contribution >= 0.6 is 0 Å². The van der Waals surface area contributed by atoms with Gasteiger partial charge in [0.25, 0.3) is 0 Å². The molecule has 106 valence electrons. The second-order valence-electron chi connectivity index (χ2n) is 4.35. The van der Waals surface area contributed by atoms with Gasteiger partial charge in [-0.3, -0.25) is 0 Å². The number of methoxy groups -OCH3 is 1. The average molecular weight is 284 g/mol. The summed E-state index contributed by atoms with van der Waals surface area (Å²) >= 11 is 0. The smallest absolute Gasteiger partial charge is 0.165 e. The number of hydrogen-bond donors (Lipinski definition) is 0. The van der Waals surface area contributed by atoms with Crippen LogP contribution in [0.4, 0.5) is 4.39 Å². The van der Waals surface area contributed by atoms with Crippen LogP contribution in [-0.4, -0.2) is 16.9 Å². The molecule has 0 aliphatic carbocycles. The van der Waals surface area contributed by atoms with Gasteiger partial charge in [-0.05, 0) is 24.3 Å². The van der Waals surface area contributed by atoms with Crippen molar-refractivity contribution in [3.63, 3.8) is 0 Å². The number of benzene rings is 2. The Bertz CT molecular complexity index is 755. The highest BCUT2D eigenvalue weighted by Gasteiger charge is 2.07. The fourth-order valence-corrected chi connectivity index (χ4v) is 1.93. The fraction of sp³-hybridized carbons (Fsp3) is 0.0625. The Balaban J connectivity index is 1.84. The summed E-state index contributed by atoms with van der Waals surface area (Å²) in [6.45, 7) is 0. The first-order valence-electron chi connectivity index (χ1n) is 6.38. The quantitative estimate of drug-likeness (QED) is 0.731. The van der Waals surface area contributed by atoms with Crippen molar-refractivity contribution in [1.82, 2.24) is 9.78 Å². The molecule has 5 heteroatoms. The third kappa shape index (κ3) is 2.86. The molecule has 0 bridgehead atoms. The highest BCUT2D eigenvalue weighted by Crippen LogP contribution is 2.25. The van der Waals surface area contributed by atoms with E-state index in [9.17, 15) is 4.39 Å². The van der Waals surface area contributed by atoms with Crippen LogP contribution in [0.15, 0.2) is 60.9 Å². The summed E-state index contributed by atoms with van der Waals surface area (Å²) in [6.07, 6.45) is 3.16. The highest BCUT2D eigenvalue weighted by molar-refractivity contribution is 5.37. The van der Waals surface area contributed by atoms with Crippen LogP contribution in [0, 0.1) is 5.82 Å². The van der Waals surface area contributed by atoms with Crippen molar-refractivity contribution in [2.75, 3.05) is 7.11 Å². The number of halogens is 1. The molecule has 0 aliphatic heterocycles. The maximum Gasteiger partial charge on any atom is 0.165 e. The molecule has 21 heavy (non-hydrogen) atoms. The van der Waals surface area contributed by atoms with Crippen molar-refractivity contribution in [1.29, 1.82) is 0 Å². The lowest BCUT2D eigenvalue weighted by Gasteiger charge is -2.05. The van der Waals surface area contributed by atoms with E-state index in [0.29, 0.717) is 22.9 Å². The van der Waals surface area contributed by atoms with Crippen molar-refractivity contribution in [2.24, 2.45) is 0 Å². The van der Waals surface area contributed by atoms with Gasteiger partial charge in [-0.25, -0.2) is 9.07 Å². The van der Waals surface area contributed by atoms with Gasteiger partial charge >= 0.3 is 0 Å². The largest absolute Gasteiger partial charge is 0.497 e. The second kappa shape index (κ2) is 5.66. The molecule has 3 rings (SSSR count). The van der Waals surface area contributed by atoms with Crippen LogP contribution in [0.1, 0.15) is 0 Å². The molecular formula is C16H13FN2O2. The van der Waals surface area contributed by atoms with Gasteiger partial charge in [0, 0.05) is 6.07 Å². The van der Waals surface area contributed by atoms with Gasteiger partial charge in [-0.1, -0.05) is 18.2 Å². The molecule has 0 N–H and O–H groups in total. The molecule has 0 spiro atoms. The van der Waals surface area contributed by atoms with Gasteiger partial charge in [0.15, 0.2) is 5.75 Å². The maximum atomic E-state index is 13.7. The minimum Gasteiger partial charge on any atom is -0.497 e. The molecule has 0 unspecified atom stereocenters. The van der Waals surface area contributed by atoms with E-state index < -0.39 is 0 Å². The Morgan fingerprint density at radius 1 is 1.00 bits per heavy atom. The van der Waals surface area contributed by atoms with Crippen LogP contribution in [0.2, 0.25) is 0 Å². The fourth-order valence-electron chi connectivity index (χ4n) is 1.93. The second-order valence-corrected chi connectivity index (χ2v) is 4.35. The van der Waals surface area contributed by atoms with Crippen molar-refractivity contribution < 1.29 is 13.9 Å². The van der Waals surface area contributed by atoms with E-state index in [-0.39, 0.29) is 5.82 Å². The topological polar surface area (TPSA) is 36.3 Å². The van der Waals surface area contributed by atoms with Crippen molar-refractivity contribution >= 4 is 0 Å². The van der Waals surface area contributed by atoms with Crippen LogP contribution in [0.5, 0.6) is 17.2 Å².